The molecular formula is C18H36N4O4. The summed E-state index contributed by atoms with van der Waals surface area (Å²) >= 11 is 0. The number of nitrogens with one attached hydrogen (secondary N) is 2. The molecule has 0 saturated carbocycles. The maximum Gasteiger partial charge on any atom is 0.412 e. The van der Waals surface area contributed by atoms with Gasteiger partial charge >= 0.3 is 6.09 Å². The van der Waals surface area contributed by atoms with Gasteiger partial charge in [0, 0.05) is 33.9 Å². The van der Waals surface area contributed by atoms with Crippen molar-refractivity contribution in [3.8, 4) is 0 Å². The van der Waals surface area contributed by atoms with E-state index in [4.69, 9.17) is 14.2 Å². The number of rotatable bonds is 6. The van der Waals surface area contributed by atoms with Crippen molar-refractivity contribution in [2.75, 3.05) is 33.9 Å². The maximum absolute atomic E-state index is 12.7. The molecule has 0 aliphatic carbocycles. The summed E-state index contributed by atoms with van der Waals surface area (Å²) in [6.45, 7) is 13.3. The second-order valence-electron chi connectivity index (χ2n) is 7.91. The molecule has 0 bridgehead atoms. The van der Waals surface area contributed by atoms with E-state index in [9.17, 15) is 4.79 Å². The fourth-order valence-corrected chi connectivity index (χ4v) is 2.97. The van der Waals surface area contributed by atoms with Crippen LogP contribution in [0.2, 0.25) is 0 Å². The van der Waals surface area contributed by atoms with Crippen LogP contribution in [0, 0.1) is 0 Å². The molecule has 1 saturated heterocycles. The third-order valence-corrected chi connectivity index (χ3v) is 4.04. The van der Waals surface area contributed by atoms with Crippen LogP contribution in [0.15, 0.2) is 4.99 Å². The molecule has 0 aromatic rings. The average Bonchev–Trinajstić information content (AvgIpc) is 2.73. The first kappa shape index (κ1) is 22.5. The summed E-state index contributed by atoms with van der Waals surface area (Å²) in [4.78, 5) is 18.6. The molecule has 1 fully saturated rings. The lowest BCUT2D eigenvalue weighted by molar-refractivity contribution is -0.0755. The highest BCUT2D eigenvalue weighted by molar-refractivity contribution is 5.79. The van der Waals surface area contributed by atoms with Gasteiger partial charge in [-0.1, -0.05) is 0 Å². The predicted octanol–water partition coefficient (Wildman–Crippen LogP) is 1.95. The Labute approximate surface area is 157 Å². The van der Waals surface area contributed by atoms with E-state index in [1.54, 1.807) is 19.1 Å². The minimum Gasteiger partial charge on any atom is -0.444 e. The number of amides is 1. The number of ether oxygens (including phenoxy) is 3. The van der Waals surface area contributed by atoms with Crippen molar-refractivity contribution >= 4 is 12.1 Å². The molecule has 8 nitrogen and oxygen atoms in total. The molecule has 1 heterocycles. The Hall–Kier alpha value is -1.54. The van der Waals surface area contributed by atoms with E-state index in [2.05, 4.69) is 15.6 Å². The van der Waals surface area contributed by atoms with E-state index in [0.717, 1.165) is 13.0 Å². The van der Waals surface area contributed by atoms with Crippen LogP contribution in [0.25, 0.3) is 0 Å². The van der Waals surface area contributed by atoms with Gasteiger partial charge in [0.2, 0.25) is 0 Å². The van der Waals surface area contributed by atoms with Crippen molar-refractivity contribution in [1.82, 2.24) is 15.5 Å². The number of hydrogen-bond donors (Lipinski definition) is 2. The SMILES string of the molecule is CN=C(NCCCOC)NCC1C(C)OC(C)(C)N1C(=O)OC(C)(C)C. The van der Waals surface area contributed by atoms with Gasteiger partial charge in [0.1, 0.15) is 11.3 Å². The van der Waals surface area contributed by atoms with Crippen molar-refractivity contribution in [2.45, 2.75) is 71.4 Å². The smallest absolute Gasteiger partial charge is 0.412 e. The standard InChI is InChI=1S/C18H36N4O4/c1-13-14(12-21-15(19-7)20-10-9-11-24-8)22(18(5,6)25-13)16(23)26-17(2,3)4/h13-14H,9-12H2,1-8H3,(H2,19,20,21). The van der Waals surface area contributed by atoms with Gasteiger partial charge in [-0.05, 0) is 48.0 Å². The number of guanidine groups is 1. The number of aliphatic imine (C=N–C) groups is 1. The third-order valence-electron chi connectivity index (χ3n) is 4.04. The van der Waals surface area contributed by atoms with Gasteiger partial charge in [-0.25, -0.2) is 4.79 Å². The fraction of sp³-hybridized carbons (Fsp3) is 0.889. The van der Waals surface area contributed by atoms with Gasteiger partial charge in [-0.3, -0.25) is 9.89 Å². The largest absolute Gasteiger partial charge is 0.444 e. The van der Waals surface area contributed by atoms with Crippen molar-refractivity contribution in [3.05, 3.63) is 0 Å². The molecule has 2 N–H and O–H groups in total. The third kappa shape index (κ3) is 6.64. The summed E-state index contributed by atoms with van der Waals surface area (Å²) in [6, 6.07) is -0.169. The van der Waals surface area contributed by atoms with Crippen LogP contribution in [-0.4, -0.2) is 74.3 Å². The van der Waals surface area contributed by atoms with Gasteiger partial charge in [-0.15, -0.1) is 0 Å². The van der Waals surface area contributed by atoms with Crippen LogP contribution in [-0.2, 0) is 14.2 Å². The fourth-order valence-electron chi connectivity index (χ4n) is 2.97. The number of methoxy groups -OCH3 is 1. The molecule has 0 spiro atoms. The van der Waals surface area contributed by atoms with Crippen LogP contribution in [0.3, 0.4) is 0 Å². The van der Waals surface area contributed by atoms with Crippen LogP contribution < -0.4 is 10.6 Å². The number of carbonyl (C=O) groups is 1. The molecule has 0 aromatic heterocycles. The maximum atomic E-state index is 12.7. The topological polar surface area (TPSA) is 84.4 Å². The van der Waals surface area contributed by atoms with E-state index in [1.807, 2.05) is 41.5 Å². The van der Waals surface area contributed by atoms with Gasteiger partial charge in [0.25, 0.3) is 0 Å². The van der Waals surface area contributed by atoms with Crippen molar-refractivity contribution in [2.24, 2.45) is 4.99 Å². The van der Waals surface area contributed by atoms with E-state index in [1.165, 1.54) is 0 Å². The first-order chi connectivity index (χ1) is 12.0. The Morgan fingerprint density at radius 1 is 1.31 bits per heavy atom. The zero-order valence-corrected chi connectivity index (χ0v) is 17.5. The lowest BCUT2D eigenvalue weighted by Gasteiger charge is -2.35. The van der Waals surface area contributed by atoms with Gasteiger partial charge in [0.05, 0.1) is 12.1 Å². The minimum atomic E-state index is -0.733. The summed E-state index contributed by atoms with van der Waals surface area (Å²) in [7, 11) is 3.40. The predicted molar refractivity (Wildman–Crippen MR) is 102 cm³/mol. The molecule has 8 heteroatoms. The van der Waals surface area contributed by atoms with E-state index in [-0.39, 0.29) is 18.2 Å². The quantitative estimate of drug-likeness (QED) is 0.421. The van der Waals surface area contributed by atoms with Crippen LogP contribution in [0.1, 0.15) is 48.0 Å². The van der Waals surface area contributed by atoms with E-state index >= 15 is 0 Å². The first-order valence-electron chi connectivity index (χ1n) is 9.15. The van der Waals surface area contributed by atoms with Gasteiger partial charge < -0.3 is 24.8 Å². The van der Waals surface area contributed by atoms with Crippen molar-refractivity contribution < 1.29 is 19.0 Å². The Morgan fingerprint density at radius 2 is 1.96 bits per heavy atom. The van der Waals surface area contributed by atoms with Gasteiger partial charge in [0.15, 0.2) is 5.96 Å². The van der Waals surface area contributed by atoms with E-state index in [0.29, 0.717) is 19.1 Å². The summed E-state index contributed by atoms with van der Waals surface area (Å²) < 4.78 is 16.6. The number of hydrogen-bond acceptors (Lipinski definition) is 5. The highest BCUT2D eigenvalue weighted by Crippen LogP contribution is 2.33. The average molecular weight is 373 g/mol. The van der Waals surface area contributed by atoms with Crippen LogP contribution >= 0.6 is 0 Å². The summed E-state index contributed by atoms with van der Waals surface area (Å²) in [5, 5.41) is 6.50. The second-order valence-corrected chi connectivity index (χ2v) is 7.91. The molecule has 2 atom stereocenters. The van der Waals surface area contributed by atoms with E-state index < -0.39 is 11.3 Å². The molecule has 0 radical (unpaired) electrons. The summed E-state index contributed by atoms with van der Waals surface area (Å²) in [5.41, 5.74) is -1.29. The molecule has 1 aliphatic heterocycles. The Morgan fingerprint density at radius 3 is 2.50 bits per heavy atom. The summed E-state index contributed by atoms with van der Waals surface area (Å²) in [5.74, 6) is 0.683. The molecule has 1 amide bonds. The van der Waals surface area contributed by atoms with Crippen LogP contribution in [0.4, 0.5) is 4.79 Å². The molecular weight excluding hydrogens is 336 g/mol. The lowest BCUT2D eigenvalue weighted by Crippen LogP contribution is -2.54. The second kappa shape index (κ2) is 9.41. The Bertz CT molecular complexity index is 488. The normalized spacial score (nSPS) is 23.1. The molecule has 152 valence electrons. The van der Waals surface area contributed by atoms with Crippen LogP contribution in [0.5, 0.6) is 0 Å². The molecule has 26 heavy (non-hydrogen) atoms. The van der Waals surface area contributed by atoms with Crippen molar-refractivity contribution in [3.63, 3.8) is 0 Å². The molecule has 1 rings (SSSR count). The number of nitrogens with zero attached hydrogens (tertiary/aromatic N) is 2. The highest BCUT2D eigenvalue weighted by atomic mass is 16.6. The first-order valence-corrected chi connectivity index (χ1v) is 9.15. The molecule has 2 unspecified atom stereocenters. The molecule has 1 aliphatic rings. The Kier molecular flexibility index (Phi) is 8.15. The monoisotopic (exact) mass is 372 g/mol. The lowest BCUT2D eigenvalue weighted by atomic mass is 10.1. The summed E-state index contributed by atoms with van der Waals surface area (Å²) in [6.07, 6.45) is 0.385. The van der Waals surface area contributed by atoms with Crippen molar-refractivity contribution in [1.29, 1.82) is 0 Å². The van der Waals surface area contributed by atoms with Gasteiger partial charge in [-0.2, -0.15) is 0 Å². The highest BCUT2D eigenvalue weighted by Gasteiger charge is 2.49. The Balaban J connectivity index is 2.73. The number of carbonyl (C=O) groups excluding carboxylic acids is 1. The minimum absolute atomic E-state index is 0.128. The zero-order valence-electron chi connectivity index (χ0n) is 17.5. The molecule has 0 aromatic carbocycles. The zero-order chi connectivity index (χ0) is 20.0.